The lowest BCUT2D eigenvalue weighted by atomic mass is 9.57. The minimum Gasteiger partial charge on any atom is -0.511 e. The summed E-state index contributed by atoms with van der Waals surface area (Å²) in [5.41, 5.74) is 3.07. The fraction of sp³-hybridized carbons (Fsp3) is 0.350. The number of Topliss-reactive ketones (excluding diaryl/α,β-unsaturated/α-hetero) is 2. The predicted molar refractivity (Wildman–Crippen MR) is 95.8 cm³/mol. The fourth-order valence-electron chi connectivity index (χ4n) is 4.89. The summed E-state index contributed by atoms with van der Waals surface area (Å²) in [6, 6.07) is 4.39. The van der Waals surface area contributed by atoms with E-state index in [-0.39, 0.29) is 35.3 Å². The molecule has 1 saturated carbocycles. The van der Waals surface area contributed by atoms with E-state index in [2.05, 4.69) is 0 Å². The van der Waals surface area contributed by atoms with Crippen LogP contribution in [0.1, 0.15) is 30.9 Å². The van der Waals surface area contributed by atoms with Crippen molar-refractivity contribution in [1.82, 2.24) is 0 Å². The second-order valence-electron chi connectivity index (χ2n) is 7.75. The Hall–Kier alpha value is -3.13. The topological polar surface area (TPSA) is 158 Å². The van der Waals surface area contributed by atoms with Gasteiger partial charge in [-0.25, -0.2) is 0 Å². The van der Waals surface area contributed by atoms with E-state index in [0.29, 0.717) is 0 Å². The Morgan fingerprint density at radius 1 is 1.21 bits per heavy atom. The van der Waals surface area contributed by atoms with Gasteiger partial charge in [-0.15, -0.1) is 0 Å². The summed E-state index contributed by atoms with van der Waals surface area (Å²) in [5, 5.41) is 42.6. The van der Waals surface area contributed by atoms with Gasteiger partial charge in [0.15, 0.2) is 11.6 Å². The molecule has 4 atom stereocenters. The van der Waals surface area contributed by atoms with Crippen LogP contribution in [0.2, 0.25) is 0 Å². The number of aliphatic hydroxyl groups is 3. The highest BCUT2D eigenvalue weighted by molar-refractivity contribution is 6.21. The molecule has 4 rings (SSSR count). The normalized spacial score (nSPS) is 32.0. The van der Waals surface area contributed by atoms with Crippen LogP contribution in [-0.4, -0.2) is 37.9 Å². The molecule has 3 aliphatic rings. The molecule has 1 amide bonds. The molecule has 0 saturated heterocycles. The van der Waals surface area contributed by atoms with Gasteiger partial charge >= 0.3 is 0 Å². The van der Waals surface area contributed by atoms with Crippen LogP contribution in [0.4, 0.5) is 0 Å². The summed E-state index contributed by atoms with van der Waals surface area (Å²) in [6.07, 6.45) is -0.0496. The second kappa shape index (κ2) is 5.68. The standard InChI is InChI=1S/C20H19NO7/c1-20(28)8-3-2-4-10(22)13(8)18(26)14-9(20)5-7-6-11(23)15(19(21)27)17(25)12(7)16(14)24/h2-4,7,9,12,22,25-26,28H,5-6H2,1H3,(H2,21,27)/t7-,9-,12?,20+/m0/s1. The molecule has 0 bridgehead atoms. The second-order valence-corrected chi connectivity index (χ2v) is 7.75. The maximum atomic E-state index is 13.2. The van der Waals surface area contributed by atoms with Crippen molar-refractivity contribution in [2.75, 3.05) is 0 Å². The lowest BCUT2D eigenvalue weighted by Gasteiger charge is -2.47. The molecule has 3 aliphatic carbocycles. The maximum absolute atomic E-state index is 13.2. The number of allylic oxidation sites excluding steroid dienone is 1. The molecule has 1 unspecified atom stereocenters. The Bertz CT molecular complexity index is 1020. The molecule has 0 aromatic heterocycles. The summed E-state index contributed by atoms with van der Waals surface area (Å²) >= 11 is 0. The van der Waals surface area contributed by atoms with Gasteiger partial charge in [-0.2, -0.15) is 0 Å². The highest BCUT2D eigenvalue weighted by Gasteiger charge is 2.56. The molecule has 28 heavy (non-hydrogen) atoms. The zero-order valence-electron chi connectivity index (χ0n) is 15.0. The van der Waals surface area contributed by atoms with Gasteiger partial charge in [0.25, 0.3) is 5.91 Å². The van der Waals surface area contributed by atoms with Crippen LogP contribution in [0.25, 0.3) is 5.76 Å². The summed E-state index contributed by atoms with van der Waals surface area (Å²) in [6.45, 7) is 1.48. The molecule has 1 aromatic rings. The van der Waals surface area contributed by atoms with Gasteiger partial charge in [0, 0.05) is 17.9 Å². The molecule has 8 heteroatoms. The number of fused-ring (bicyclic) bond motifs is 3. The molecule has 1 fully saturated rings. The number of aliphatic hydroxyl groups excluding tert-OH is 2. The molecular formula is C20H19NO7. The number of ketones is 2. The van der Waals surface area contributed by atoms with E-state index >= 15 is 0 Å². The number of benzene rings is 1. The zero-order chi connectivity index (χ0) is 20.5. The Morgan fingerprint density at radius 3 is 2.54 bits per heavy atom. The largest absolute Gasteiger partial charge is 0.511 e. The number of phenols is 1. The third kappa shape index (κ3) is 2.18. The van der Waals surface area contributed by atoms with Crippen molar-refractivity contribution in [3.63, 3.8) is 0 Å². The van der Waals surface area contributed by atoms with Crippen molar-refractivity contribution in [3.05, 3.63) is 46.2 Å². The quantitative estimate of drug-likeness (QED) is 0.451. The lowest BCUT2D eigenvalue weighted by molar-refractivity contribution is -0.130. The number of phenolic OH excluding ortho intramolecular Hbond substituents is 1. The fourth-order valence-corrected chi connectivity index (χ4v) is 4.89. The van der Waals surface area contributed by atoms with Crippen LogP contribution < -0.4 is 5.73 Å². The first-order valence-corrected chi connectivity index (χ1v) is 8.86. The Kier molecular flexibility index (Phi) is 3.70. The SMILES string of the molecule is C[C@@]1(O)c2cccc(O)c2C(O)=C2C(=O)C3C(O)=C(C(N)=O)C(=O)C[C@@H]3C[C@@H]21. The van der Waals surface area contributed by atoms with Crippen molar-refractivity contribution in [2.24, 2.45) is 23.5 Å². The van der Waals surface area contributed by atoms with Crippen LogP contribution in [0.15, 0.2) is 35.1 Å². The molecule has 1 aromatic carbocycles. The summed E-state index contributed by atoms with van der Waals surface area (Å²) in [5.74, 6) is -6.63. The minimum atomic E-state index is -1.59. The molecule has 0 aliphatic heterocycles. The van der Waals surface area contributed by atoms with Crippen molar-refractivity contribution in [2.45, 2.75) is 25.4 Å². The van der Waals surface area contributed by atoms with E-state index < -0.39 is 57.9 Å². The van der Waals surface area contributed by atoms with Crippen LogP contribution in [-0.2, 0) is 20.0 Å². The summed E-state index contributed by atoms with van der Waals surface area (Å²) in [4.78, 5) is 37.0. The minimum absolute atomic E-state index is 0.0453. The number of hydrogen-bond donors (Lipinski definition) is 5. The van der Waals surface area contributed by atoms with E-state index in [1.165, 1.54) is 19.1 Å². The van der Waals surface area contributed by atoms with E-state index in [0.717, 1.165) is 0 Å². The monoisotopic (exact) mass is 385 g/mol. The number of primary amides is 1. The van der Waals surface area contributed by atoms with Crippen LogP contribution in [0.5, 0.6) is 5.75 Å². The Morgan fingerprint density at radius 2 is 1.89 bits per heavy atom. The maximum Gasteiger partial charge on any atom is 0.255 e. The van der Waals surface area contributed by atoms with Crippen molar-refractivity contribution >= 4 is 23.2 Å². The van der Waals surface area contributed by atoms with E-state index in [1.807, 2.05) is 0 Å². The van der Waals surface area contributed by atoms with E-state index in [9.17, 15) is 34.8 Å². The first kappa shape index (κ1) is 18.2. The Labute approximate surface area is 159 Å². The zero-order valence-corrected chi connectivity index (χ0v) is 15.0. The lowest BCUT2D eigenvalue weighted by Crippen LogP contribution is -2.49. The molecular weight excluding hydrogens is 366 g/mol. The number of carbonyl (C=O) groups is 3. The number of rotatable bonds is 1. The highest BCUT2D eigenvalue weighted by Crippen LogP contribution is 2.55. The number of hydrogen-bond acceptors (Lipinski definition) is 7. The van der Waals surface area contributed by atoms with Crippen molar-refractivity contribution < 1.29 is 34.8 Å². The average Bonchev–Trinajstić information content (AvgIpc) is 2.58. The van der Waals surface area contributed by atoms with Crippen molar-refractivity contribution in [1.29, 1.82) is 0 Å². The molecule has 0 heterocycles. The van der Waals surface area contributed by atoms with Gasteiger partial charge < -0.3 is 26.2 Å². The number of nitrogens with two attached hydrogens (primary N) is 1. The summed E-state index contributed by atoms with van der Waals surface area (Å²) < 4.78 is 0. The first-order chi connectivity index (χ1) is 13.1. The van der Waals surface area contributed by atoms with Crippen LogP contribution in [0.3, 0.4) is 0 Å². The van der Waals surface area contributed by atoms with Gasteiger partial charge in [0.05, 0.1) is 17.1 Å². The van der Waals surface area contributed by atoms with Gasteiger partial charge in [0.2, 0.25) is 0 Å². The van der Waals surface area contributed by atoms with Crippen molar-refractivity contribution in [3.8, 4) is 5.75 Å². The predicted octanol–water partition coefficient (Wildman–Crippen LogP) is 0.974. The van der Waals surface area contributed by atoms with E-state index in [4.69, 9.17) is 5.73 Å². The van der Waals surface area contributed by atoms with Crippen LogP contribution in [0, 0.1) is 17.8 Å². The number of aromatic hydroxyl groups is 1. The van der Waals surface area contributed by atoms with E-state index in [1.54, 1.807) is 6.07 Å². The molecule has 146 valence electrons. The first-order valence-electron chi connectivity index (χ1n) is 8.86. The van der Waals surface area contributed by atoms with Gasteiger partial charge in [-0.05, 0) is 30.9 Å². The molecule has 6 N–H and O–H groups in total. The smallest absolute Gasteiger partial charge is 0.255 e. The molecule has 8 nitrogen and oxygen atoms in total. The van der Waals surface area contributed by atoms with Gasteiger partial charge in [-0.3, -0.25) is 14.4 Å². The average molecular weight is 385 g/mol. The highest BCUT2D eigenvalue weighted by atomic mass is 16.3. The van der Waals surface area contributed by atoms with Gasteiger partial charge in [0.1, 0.15) is 22.8 Å². The number of amides is 1. The number of carbonyl (C=O) groups excluding carboxylic acids is 3. The molecule has 0 spiro atoms. The Balaban J connectivity index is 1.95. The summed E-state index contributed by atoms with van der Waals surface area (Å²) in [7, 11) is 0. The third-order valence-electron chi connectivity index (χ3n) is 6.19. The third-order valence-corrected chi connectivity index (χ3v) is 6.19. The van der Waals surface area contributed by atoms with Crippen LogP contribution >= 0.6 is 0 Å². The van der Waals surface area contributed by atoms with Gasteiger partial charge in [-0.1, -0.05) is 12.1 Å². The molecule has 0 radical (unpaired) electrons.